The molecule has 0 aliphatic carbocycles. The molecule has 0 bridgehead atoms. The van der Waals surface area contributed by atoms with E-state index in [1.54, 1.807) is 0 Å². The molecule has 0 N–H and O–H groups in total. The van der Waals surface area contributed by atoms with Crippen LogP contribution in [0, 0.1) is 16.0 Å². The van der Waals surface area contributed by atoms with Crippen molar-refractivity contribution in [2.75, 3.05) is 24.5 Å². The zero-order chi connectivity index (χ0) is 25.4. The van der Waals surface area contributed by atoms with Crippen LogP contribution in [0.15, 0.2) is 53.4 Å². The van der Waals surface area contributed by atoms with Crippen molar-refractivity contribution >= 4 is 33.1 Å². The third kappa shape index (κ3) is 4.68. The Morgan fingerprint density at radius 2 is 1.78 bits per heavy atom. The zero-order valence-corrected chi connectivity index (χ0v) is 21.4. The van der Waals surface area contributed by atoms with E-state index >= 15 is 0 Å². The van der Waals surface area contributed by atoms with Gasteiger partial charge in [0.15, 0.2) is 5.82 Å². The molecule has 0 spiro atoms. The van der Waals surface area contributed by atoms with Crippen molar-refractivity contribution in [2.24, 2.45) is 5.92 Å². The topological polar surface area (TPSA) is 110 Å². The largest absolute Gasteiger partial charge is 0.356 e. The third-order valence-electron chi connectivity index (χ3n) is 6.87. The number of hydrogen-bond acceptors (Lipinski definition) is 7. The summed E-state index contributed by atoms with van der Waals surface area (Å²) in [5.41, 5.74) is 2.11. The summed E-state index contributed by atoms with van der Waals surface area (Å²) in [6.07, 6.45) is 2.50. The fourth-order valence-corrected chi connectivity index (χ4v) is 6.33. The summed E-state index contributed by atoms with van der Waals surface area (Å²) in [5.74, 6) is 2.03. The summed E-state index contributed by atoms with van der Waals surface area (Å²) >= 11 is 5.90. The molecular weight excluding hydrogens is 502 g/mol. The molecule has 1 saturated heterocycles. The second-order valence-corrected chi connectivity index (χ2v) is 11.6. The molecule has 0 saturated carbocycles. The predicted molar refractivity (Wildman–Crippen MR) is 137 cm³/mol. The molecule has 3 aromatic rings. The minimum atomic E-state index is -4.00. The van der Waals surface area contributed by atoms with E-state index in [0.29, 0.717) is 18.2 Å². The van der Waals surface area contributed by atoms with E-state index in [1.165, 1.54) is 16.4 Å². The molecule has 1 fully saturated rings. The monoisotopic (exact) mass is 527 g/mol. The van der Waals surface area contributed by atoms with Crippen molar-refractivity contribution in [2.45, 2.75) is 37.6 Å². The number of anilines is 1. The number of nitro groups is 1. The zero-order valence-electron chi connectivity index (χ0n) is 19.8. The van der Waals surface area contributed by atoms with Crippen LogP contribution in [-0.4, -0.2) is 47.2 Å². The van der Waals surface area contributed by atoms with E-state index in [9.17, 15) is 18.5 Å². The van der Waals surface area contributed by atoms with E-state index in [-0.39, 0.29) is 23.0 Å². The molecule has 2 aliphatic heterocycles. The Labute approximate surface area is 214 Å². The van der Waals surface area contributed by atoms with Gasteiger partial charge in [-0.25, -0.2) is 18.4 Å². The number of aromatic nitrogens is 2. The maximum Gasteiger partial charge on any atom is 0.289 e. The number of nitro benzene ring substituents is 1. The van der Waals surface area contributed by atoms with Crippen LogP contribution in [0.3, 0.4) is 0 Å². The van der Waals surface area contributed by atoms with Crippen LogP contribution in [0.2, 0.25) is 5.02 Å². The number of sulfonamides is 1. The Kier molecular flexibility index (Phi) is 6.67. The maximum atomic E-state index is 13.5. The molecule has 3 heterocycles. The lowest BCUT2D eigenvalue weighted by Gasteiger charge is -2.35. The molecule has 36 heavy (non-hydrogen) atoms. The number of piperidine rings is 1. The molecule has 0 atom stereocenters. The van der Waals surface area contributed by atoms with Crippen LogP contribution in [0.25, 0.3) is 11.4 Å². The number of benzene rings is 2. The maximum absolute atomic E-state index is 13.5. The van der Waals surface area contributed by atoms with Gasteiger partial charge >= 0.3 is 0 Å². The quantitative estimate of drug-likeness (QED) is 0.349. The normalized spacial score (nSPS) is 17.1. The standard InChI is InChI=1S/C25H26ClN5O4S/c1-17-9-12-29(13-10-17)25-20-16-30(36(34,35)19-7-8-21(26)23(15-19)31(32)33)14-11-22(20)27-24(28-25)18-5-3-2-4-6-18/h2-8,15,17H,9-14,16H2,1H3. The fourth-order valence-electron chi connectivity index (χ4n) is 4.72. The van der Waals surface area contributed by atoms with E-state index in [2.05, 4.69) is 11.8 Å². The van der Waals surface area contributed by atoms with Crippen molar-refractivity contribution in [3.8, 4) is 11.4 Å². The van der Waals surface area contributed by atoms with Gasteiger partial charge < -0.3 is 4.90 Å². The third-order valence-corrected chi connectivity index (χ3v) is 9.03. The Bertz CT molecular complexity index is 1410. The molecule has 0 radical (unpaired) electrons. The average Bonchev–Trinajstić information content (AvgIpc) is 2.88. The van der Waals surface area contributed by atoms with Crippen molar-refractivity contribution in [1.29, 1.82) is 0 Å². The van der Waals surface area contributed by atoms with Gasteiger partial charge in [-0.05, 0) is 30.9 Å². The highest BCUT2D eigenvalue weighted by atomic mass is 35.5. The number of halogens is 1. The smallest absolute Gasteiger partial charge is 0.289 e. The minimum Gasteiger partial charge on any atom is -0.356 e. The Morgan fingerprint density at radius 3 is 2.47 bits per heavy atom. The molecule has 2 aliphatic rings. The Balaban J connectivity index is 1.54. The van der Waals surface area contributed by atoms with Gasteiger partial charge in [0, 0.05) is 49.8 Å². The van der Waals surface area contributed by atoms with Gasteiger partial charge in [0.05, 0.1) is 15.5 Å². The highest BCUT2D eigenvalue weighted by Gasteiger charge is 2.34. The predicted octanol–water partition coefficient (Wildman–Crippen LogP) is 4.69. The van der Waals surface area contributed by atoms with Gasteiger partial charge in [-0.1, -0.05) is 48.9 Å². The molecule has 2 aromatic carbocycles. The van der Waals surface area contributed by atoms with Crippen LogP contribution in [0.5, 0.6) is 0 Å². The molecule has 0 amide bonds. The van der Waals surface area contributed by atoms with Crippen molar-refractivity contribution in [3.05, 3.63) is 74.9 Å². The second kappa shape index (κ2) is 9.76. The van der Waals surface area contributed by atoms with Gasteiger partial charge in [0.25, 0.3) is 5.69 Å². The Hall–Kier alpha value is -3.08. The van der Waals surface area contributed by atoms with Crippen LogP contribution in [0.4, 0.5) is 11.5 Å². The summed E-state index contributed by atoms with van der Waals surface area (Å²) in [5, 5.41) is 11.2. The molecule has 11 heteroatoms. The lowest BCUT2D eigenvalue weighted by Crippen LogP contribution is -2.40. The summed E-state index contributed by atoms with van der Waals surface area (Å²) in [6.45, 7) is 4.24. The minimum absolute atomic E-state index is 0.102. The van der Waals surface area contributed by atoms with E-state index in [4.69, 9.17) is 21.6 Å². The first-order valence-electron chi connectivity index (χ1n) is 11.9. The second-order valence-electron chi connectivity index (χ2n) is 9.29. The summed E-state index contributed by atoms with van der Waals surface area (Å²) in [6, 6.07) is 13.4. The highest BCUT2D eigenvalue weighted by molar-refractivity contribution is 7.89. The van der Waals surface area contributed by atoms with E-state index < -0.39 is 20.6 Å². The molecular formula is C25H26ClN5O4S. The summed E-state index contributed by atoms with van der Waals surface area (Å²) < 4.78 is 28.4. The van der Waals surface area contributed by atoms with Gasteiger partial charge in [-0.3, -0.25) is 10.1 Å². The lowest BCUT2D eigenvalue weighted by molar-refractivity contribution is -0.384. The van der Waals surface area contributed by atoms with Crippen LogP contribution in [0.1, 0.15) is 31.0 Å². The van der Waals surface area contributed by atoms with Crippen LogP contribution >= 0.6 is 11.6 Å². The summed E-state index contributed by atoms with van der Waals surface area (Å²) in [4.78, 5) is 22.5. The van der Waals surface area contributed by atoms with Crippen molar-refractivity contribution in [3.63, 3.8) is 0 Å². The highest BCUT2D eigenvalue weighted by Crippen LogP contribution is 2.35. The summed E-state index contributed by atoms with van der Waals surface area (Å²) in [7, 11) is -4.00. The van der Waals surface area contributed by atoms with E-state index in [0.717, 1.165) is 54.6 Å². The lowest BCUT2D eigenvalue weighted by atomic mass is 9.98. The molecule has 0 unspecified atom stereocenters. The van der Waals surface area contributed by atoms with Crippen LogP contribution < -0.4 is 4.90 Å². The number of rotatable bonds is 5. The average molecular weight is 528 g/mol. The van der Waals surface area contributed by atoms with Crippen molar-refractivity contribution in [1.82, 2.24) is 14.3 Å². The first-order chi connectivity index (χ1) is 17.2. The van der Waals surface area contributed by atoms with Gasteiger partial charge in [0.2, 0.25) is 10.0 Å². The van der Waals surface area contributed by atoms with Crippen LogP contribution in [-0.2, 0) is 23.0 Å². The first-order valence-corrected chi connectivity index (χ1v) is 13.7. The SMILES string of the molecule is CC1CCN(c2nc(-c3ccccc3)nc3c2CN(S(=O)(=O)c2ccc(Cl)c([N+](=O)[O-])c2)CC3)CC1. The van der Waals surface area contributed by atoms with Gasteiger partial charge in [-0.15, -0.1) is 0 Å². The fraction of sp³-hybridized carbons (Fsp3) is 0.360. The number of fused-ring (bicyclic) bond motifs is 1. The number of hydrogen-bond donors (Lipinski definition) is 0. The Morgan fingerprint density at radius 1 is 1.06 bits per heavy atom. The number of nitrogens with zero attached hydrogens (tertiary/aromatic N) is 5. The first kappa shape index (κ1) is 24.6. The van der Waals surface area contributed by atoms with E-state index in [1.807, 2.05) is 30.3 Å². The molecule has 188 valence electrons. The van der Waals surface area contributed by atoms with Gasteiger partial charge in [-0.2, -0.15) is 4.31 Å². The van der Waals surface area contributed by atoms with Gasteiger partial charge in [0.1, 0.15) is 10.8 Å². The van der Waals surface area contributed by atoms with Crippen molar-refractivity contribution < 1.29 is 13.3 Å². The molecule has 1 aromatic heterocycles. The molecule has 5 rings (SSSR count). The molecule has 9 nitrogen and oxygen atoms in total.